The van der Waals surface area contributed by atoms with Crippen molar-refractivity contribution >= 4 is 11.9 Å². The summed E-state index contributed by atoms with van der Waals surface area (Å²) in [6.45, 7) is 1.90. The van der Waals surface area contributed by atoms with Crippen LogP contribution in [0.1, 0.15) is 5.69 Å². The van der Waals surface area contributed by atoms with Crippen LogP contribution in [-0.4, -0.2) is 38.8 Å². The van der Waals surface area contributed by atoms with Crippen molar-refractivity contribution in [3.05, 3.63) is 18.0 Å². The van der Waals surface area contributed by atoms with E-state index in [0.29, 0.717) is 17.8 Å². The molecule has 0 spiro atoms. The predicted octanol–water partition coefficient (Wildman–Crippen LogP) is -0.283. The van der Waals surface area contributed by atoms with Gasteiger partial charge in [-0.1, -0.05) is 0 Å². The number of nitrogens with zero attached hydrogens (tertiary/aromatic N) is 6. The van der Waals surface area contributed by atoms with Crippen molar-refractivity contribution in [2.24, 2.45) is 5.84 Å². The minimum atomic E-state index is 0.298. The van der Waals surface area contributed by atoms with Gasteiger partial charge in [-0.15, -0.1) is 0 Å². The van der Waals surface area contributed by atoms with E-state index in [1.807, 2.05) is 27.1 Å². The molecule has 2 heterocycles. The molecule has 0 saturated carbocycles. The van der Waals surface area contributed by atoms with Crippen LogP contribution in [0.4, 0.5) is 11.9 Å². The molecule has 8 heteroatoms. The van der Waals surface area contributed by atoms with Crippen LogP contribution < -0.4 is 16.2 Å². The van der Waals surface area contributed by atoms with Gasteiger partial charge in [0.15, 0.2) is 0 Å². The monoisotopic (exact) mass is 234 g/mol. The van der Waals surface area contributed by atoms with Crippen molar-refractivity contribution in [2.75, 3.05) is 24.4 Å². The highest BCUT2D eigenvalue weighted by molar-refractivity contribution is 5.38. The van der Waals surface area contributed by atoms with Gasteiger partial charge < -0.3 is 4.90 Å². The lowest BCUT2D eigenvalue weighted by molar-refractivity contribution is 0.780. The zero-order valence-corrected chi connectivity index (χ0v) is 9.92. The maximum atomic E-state index is 5.32. The Labute approximate surface area is 98.5 Å². The highest BCUT2D eigenvalue weighted by atomic mass is 15.4. The molecular formula is C9H14N8. The second kappa shape index (κ2) is 4.34. The zero-order valence-electron chi connectivity index (χ0n) is 9.92. The van der Waals surface area contributed by atoms with Crippen LogP contribution in [0.3, 0.4) is 0 Å². The summed E-state index contributed by atoms with van der Waals surface area (Å²) in [5, 5.41) is 4.23. The lowest BCUT2D eigenvalue weighted by atomic mass is 10.5. The number of nitrogens with two attached hydrogens (primary N) is 1. The molecule has 0 amide bonds. The fourth-order valence-corrected chi connectivity index (χ4v) is 1.25. The highest BCUT2D eigenvalue weighted by Crippen LogP contribution is 2.10. The average Bonchev–Trinajstić information content (AvgIpc) is 2.75. The Morgan fingerprint density at radius 1 is 1.29 bits per heavy atom. The van der Waals surface area contributed by atoms with E-state index in [-0.39, 0.29) is 0 Å². The summed E-state index contributed by atoms with van der Waals surface area (Å²) < 4.78 is 1.57. The van der Waals surface area contributed by atoms with Crippen LogP contribution in [0.2, 0.25) is 0 Å². The quantitative estimate of drug-likeness (QED) is 0.556. The number of nitrogen functional groups attached to an aromatic ring is 1. The fourth-order valence-electron chi connectivity index (χ4n) is 1.25. The molecule has 90 valence electrons. The molecule has 17 heavy (non-hydrogen) atoms. The second-order valence-corrected chi connectivity index (χ2v) is 3.70. The maximum Gasteiger partial charge on any atom is 0.257 e. The van der Waals surface area contributed by atoms with Crippen LogP contribution in [0.25, 0.3) is 5.95 Å². The first-order chi connectivity index (χ1) is 8.10. The van der Waals surface area contributed by atoms with Gasteiger partial charge in [0.1, 0.15) is 0 Å². The number of rotatable bonds is 3. The fraction of sp³-hybridized carbons (Fsp3) is 0.333. The van der Waals surface area contributed by atoms with Crippen LogP contribution in [-0.2, 0) is 0 Å². The number of nitrogens with one attached hydrogen (secondary N) is 1. The smallest absolute Gasteiger partial charge is 0.257 e. The Bertz CT molecular complexity index is 517. The van der Waals surface area contributed by atoms with Gasteiger partial charge in [-0.25, -0.2) is 10.5 Å². The number of aryl methyl sites for hydroxylation is 1. The summed E-state index contributed by atoms with van der Waals surface area (Å²) in [4.78, 5) is 14.3. The summed E-state index contributed by atoms with van der Waals surface area (Å²) in [7, 11) is 3.68. The van der Waals surface area contributed by atoms with E-state index in [1.54, 1.807) is 15.8 Å². The molecule has 0 aliphatic heterocycles. The molecule has 0 fully saturated rings. The standard InChI is InChI=1S/C9H14N8/c1-6-4-5-17(15-6)9-12-7(14-10)11-8(13-9)16(2)3/h4-5H,10H2,1-3H3,(H,11,12,13,14). The number of aromatic nitrogens is 5. The molecule has 2 rings (SSSR count). The largest absolute Gasteiger partial charge is 0.347 e. The predicted molar refractivity (Wildman–Crippen MR) is 63.8 cm³/mol. The average molecular weight is 234 g/mol. The third-order valence-corrected chi connectivity index (χ3v) is 2.07. The summed E-state index contributed by atoms with van der Waals surface area (Å²) in [5.74, 6) is 6.55. The van der Waals surface area contributed by atoms with Crippen LogP contribution >= 0.6 is 0 Å². The van der Waals surface area contributed by atoms with Crippen LogP contribution in [0.5, 0.6) is 0 Å². The number of anilines is 2. The molecule has 2 aromatic heterocycles. The molecule has 0 aromatic carbocycles. The second-order valence-electron chi connectivity index (χ2n) is 3.70. The zero-order chi connectivity index (χ0) is 12.4. The van der Waals surface area contributed by atoms with E-state index in [9.17, 15) is 0 Å². The Morgan fingerprint density at radius 2 is 2.06 bits per heavy atom. The van der Waals surface area contributed by atoms with Gasteiger partial charge in [0.2, 0.25) is 11.9 Å². The molecule has 3 N–H and O–H groups in total. The van der Waals surface area contributed by atoms with Crippen molar-refractivity contribution < 1.29 is 0 Å². The topological polar surface area (TPSA) is 97.8 Å². The van der Waals surface area contributed by atoms with E-state index in [0.717, 1.165) is 5.69 Å². The van der Waals surface area contributed by atoms with E-state index >= 15 is 0 Å². The lowest BCUT2D eigenvalue weighted by Crippen LogP contribution is -2.19. The molecule has 0 radical (unpaired) electrons. The Kier molecular flexibility index (Phi) is 2.88. The summed E-state index contributed by atoms with van der Waals surface area (Å²) >= 11 is 0. The number of hydrogen-bond acceptors (Lipinski definition) is 7. The Morgan fingerprint density at radius 3 is 2.59 bits per heavy atom. The molecule has 0 bridgehead atoms. The van der Waals surface area contributed by atoms with Crippen LogP contribution in [0.15, 0.2) is 12.3 Å². The van der Waals surface area contributed by atoms with E-state index in [1.165, 1.54) is 0 Å². The molecule has 0 aliphatic rings. The van der Waals surface area contributed by atoms with Gasteiger partial charge in [-0.2, -0.15) is 20.1 Å². The first-order valence-electron chi connectivity index (χ1n) is 5.03. The number of hydrogen-bond donors (Lipinski definition) is 2. The molecule has 2 aromatic rings. The van der Waals surface area contributed by atoms with Crippen molar-refractivity contribution in [1.82, 2.24) is 24.7 Å². The maximum absolute atomic E-state index is 5.32. The lowest BCUT2D eigenvalue weighted by Gasteiger charge is -2.12. The third kappa shape index (κ3) is 2.31. The number of hydrazine groups is 1. The first-order valence-corrected chi connectivity index (χ1v) is 5.03. The molecular weight excluding hydrogens is 220 g/mol. The summed E-state index contributed by atoms with van der Waals surface area (Å²) in [5.41, 5.74) is 3.30. The van der Waals surface area contributed by atoms with Gasteiger partial charge in [0.25, 0.3) is 5.95 Å². The molecule has 8 nitrogen and oxygen atoms in total. The Balaban J connectivity index is 2.49. The van der Waals surface area contributed by atoms with E-state index < -0.39 is 0 Å². The normalized spacial score (nSPS) is 10.4. The molecule has 0 aliphatic carbocycles. The molecule has 0 atom stereocenters. The van der Waals surface area contributed by atoms with Gasteiger partial charge in [-0.05, 0) is 13.0 Å². The first kappa shape index (κ1) is 11.3. The third-order valence-electron chi connectivity index (χ3n) is 2.07. The van der Waals surface area contributed by atoms with Gasteiger partial charge in [-0.3, -0.25) is 5.43 Å². The van der Waals surface area contributed by atoms with E-state index in [4.69, 9.17) is 5.84 Å². The Hall–Kier alpha value is -2.22. The molecule has 0 saturated heterocycles. The summed E-state index contributed by atoms with van der Waals surface area (Å²) in [6, 6.07) is 1.87. The van der Waals surface area contributed by atoms with E-state index in [2.05, 4.69) is 25.5 Å². The van der Waals surface area contributed by atoms with Gasteiger partial charge in [0, 0.05) is 20.3 Å². The van der Waals surface area contributed by atoms with Crippen molar-refractivity contribution in [3.63, 3.8) is 0 Å². The summed E-state index contributed by atoms with van der Waals surface area (Å²) in [6.07, 6.45) is 1.78. The van der Waals surface area contributed by atoms with Gasteiger partial charge >= 0.3 is 0 Å². The van der Waals surface area contributed by atoms with Crippen molar-refractivity contribution in [2.45, 2.75) is 6.92 Å². The minimum absolute atomic E-state index is 0.298. The van der Waals surface area contributed by atoms with Crippen molar-refractivity contribution in [3.8, 4) is 5.95 Å². The SMILES string of the molecule is Cc1ccn(-c2nc(NN)nc(N(C)C)n2)n1. The van der Waals surface area contributed by atoms with Crippen LogP contribution in [0, 0.1) is 6.92 Å². The highest BCUT2D eigenvalue weighted by Gasteiger charge is 2.09. The minimum Gasteiger partial charge on any atom is -0.347 e. The molecule has 0 unspecified atom stereocenters. The van der Waals surface area contributed by atoms with Gasteiger partial charge in [0.05, 0.1) is 5.69 Å². The van der Waals surface area contributed by atoms with Crippen molar-refractivity contribution in [1.29, 1.82) is 0 Å².